The van der Waals surface area contributed by atoms with Crippen LogP contribution in [0.25, 0.3) is 21.5 Å². The first kappa shape index (κ1) is 17.8. The monoisotopic (exact) mass is 406 g/mol. The Morgan fingerprint density at radius 1 is 1.17 bits per heavy atom. The lowest BCUT2D eigenvalue weighted by molar-refractivity contribution is 0.0991. The quantitative estimate of drug-likeness (QED) is 0.538. The second kappa shape index (κ2) is 7.61. The number of anilines is 2. The Kier molecular flexibility index (Phi) is 4.66. The van der Waals surface area contributed by atoms with Crippen LogP contribution < -0.4 is 15.5 Å². The summed E-state index contributed by atoms with van der Waals surface area (Å²) in [7, 11) is 0. The van der Waals surface area contributed by atoms with Crippen molar-refractivity contribution in [3.05, 3.63) is 54.3 Å². The highest BCUT2D eigenvalue weighted by Gasteiger charge is 2.19. The molecule has 5 rings (SSSR count). The average molecular weight is 406 g/mol. The zero-order valence-corrected chi connectivity index (χ0v) is 16.3. The number of piperazine rings is 1. The Bertz CT molecular complexity index is 1160. The Morgan fingerprint density at radius 3 is 2.97 bits per heavy atom. The molecular weight excluding hydrogens is 388 g/mol. The highest BCUT2D eigenvalue weighted by atomic mass is 32.1. The van der Waals surface area contributed by atoms with Crippen molar-refractivity contribution in [3.63, 3.8) is 0 Å². The lowest BCUT2D eigenvalue weighted by Gasteiger charge is -2.30. The van der Waals surface area contributed by atoms with Crippen LogP contribution in [0.4, 0.5) is 11.4 Å². The van der Waals surface area contributed by atoms with Gasteiger partial charge in [-0.15, -0.1) is 11.3 Å². The standard InChI is InChI=1S/C20H18N6O2S/c27-19(25-15-10-22-4-3-16(15)26-7-5-21-6-8-26)20-23-11-17(28-20)13-1-2-18-14(9-13)24-12-29-18/h1-4,9-12,21H,5-8H2,(H,25,27). The van der Waals surface area contributed by atoms with E-state index in [-0.39, 0.29) is 5.89 Å². The first-order valence-electron chi connectivity index (χ1n) is 9.28. The summed E-state index contributed by atoms with van der Waals surface area (Å²) >= 11 is 1.58. The van der Waals surface area contributed by atoms with Gasteiger partial charge in [0.05, 0.1) is 39.5 Å². The van der Waals surface area contributed by atoms with E-state index in [2.05, 4.69) is 30.5 Å². The van der Waals surface area contributed by atoms with E-state index in [0.29, 0.717) is 11.4 Å². The van der Waals surface area contributed by atoms with Crippen molar-refractivity contribution < 1.29 is 9.21 Å². The van der Waals surface area contributed by atoms with Crippen molar-refractivity contribution in [1.29, 1.82) is 0 Å². The minimum atomic E-state index is -0.407. The van der Waals surface area contributed by atoms with Gasteiger partial charge >= 0.3 is 5.91 Å². The number of amides is 1. The number of oxazole rings is 1. The van der Waals surface area contributed by atoms with Crippen molar-refractivity contribution in [2.45, 2.75) is 0 Å². The molecule has 0 unspecified atom stereocenters. The van der Waals surface area contributed by atoms with Gasteiger partial charge < -0.3 is 20.0 Å². The molecule has 0 saturated carbocycles. The Hall–Kier alpha value is -3.30. The maximum atomic E-state index is 12.7. The molecule has 1 amide bonds. The molecule has 9 heteroatoms. The van der Waals surface area contributed by atoms with E-state index in [9.17, 15) is 4.79 Å². The molecule has 0 bridgehead atoms. The first-order valence-corrected chi connectivity index (χ1v) is 10.2. The third-order valence-corrected chi connectivity index (χ3v) is 5.63. The number of thiazole rings is 1. The van der Waals surface area contributed by atoms with Crippen LogP contribution in [0.2, 0.25) is 0 Å². The van der Waals surface area contributed by atoms with Gasteiger partial charge in [0, 0.05) is 37.9 Å². The molecule has 1 aromatic carbocycles. The topological polar surface area (TPSA) is 96.2 Å². The van der Waals surface area contributed by atoms with Crippen LogP contribution in [0.5, 0.6) is 0 Å². The summed E-state index contributed by atoms with van der Waals surface area (Å²) in [6.07, 6.45) is 4.93. The van der Waals surface area contributed by atoms with Gasteiger partial charge in [0.15, 0.2) is 5.76 Å². The van der Waals surface area contributed by atoms with E-state index < -0.39 is 5.91 Å². The van der Waals surface area contributed by atoms with Gasteiger partial charge in [-0.3, -0.25) is 9.78 Å². The van der Waals surface area contributed by atoms with Crippen LogP contribution in [0.3, 0.4) is 0 Å². The van der Waals surface area contributed by atoms with E-state index in [1.807, 2.05) is 24.3 Å². The average Bonchev–Trinajstić information content (AvgIpc) is 3.44. The Labute approximate surface area is 170 Å². The molecule has 0 atom stereocenters. The van der Waals surface area contributed by atoms with Gasteiger partial charge in [0.1, 0.15) is 0 Å². The van der Waals surface area contributed by atoms with Crippen molar-refractivity contribution >= 4 is 38.8 Å². The molecule has 0 aliphatic carbocycles. The molecule has 0 spiro atoms. The van der Waals surface area contributed by atoms with Gasteiger partial charge in [-0.1, -0.05) is 0 Å². The molecule has 1 aliphatic heterocycles. The molecule has 1 fully saturated rings. The summed E-state index contributed by atoms with van der Waals surface area (Å²) in [5.41, 5.74) is 5.11. The van der Waals surface area contributed by atoms with Crippen molar-refractivity contribution in [2.75, 3.05) is 36.4 Å². The molecule has 1 saturated heterocycles. The highest BCUT2D eigenvalue weighted by Crippen LogP contribution is 2.28. The van der Waals surface area contributed by atoms with Crippen LogP contribution in [0.15, 0.2) is 52.8 Å². The largest absolute Gasteiger partial charge is 0.432 e. The number of hydrogen-bond donors (Lipinski definition) is 2. The number of aromatic nitrogens is 3. The zero-order valence-electron chi connectivity index (χ0n) is 15.5. The number of hydrogen-bond acceptors (Lipinski definition) is 8. The number of rotatable bonds is 4. The number of nitrogens with one attached hydrogen (secondary N) is 2. The van der Waals surface area contributed by atoms with E-state index in [1.165, 1.54) is 0 Å². The predicted octanol–water partition coefficient (Wildman–Crippen LogP) is 3.01. The molecular formula is C20H18N6O2S. The number of carbonyl (C=O) groups is 1. The van der Waals surface area contributed by atoms with Gasteiger partial charge in [0.25, 0.3) is 5.89 Å². The number of carbonyl (C=O) groups excluding carboxylic acids is 1. The second-order valence-electron chi connectivity index (χ2n) is 6.65. The lowest BCUT2D eigenvalue weighted by atomic mass is 10.2. The molecule has 1 aliphatic rings. The lowest BCUT2D eigenvalue weighted by Crippen LogP contribution is -2.43. The molecule has 8 nitrogen and oxygen atoms in total. The number of pyridine rings is 1. The third kappa shape index (κ3) is 3.57. The Balaban J connectivity index is 1.37. The van der Waals surface area contributed by atoms with Crippen LogP contribution in [-0.2, 0) is 0 Å². The fourth-order valence-corrected chi connectivity index (χ4v) is 4.02. The minimum Gasteiger partial charge on any atom is -0.432 e. The van der Waals surface area contributed by atoms with E-state index >= 15 is 0 Å². The van der Waals surface area contributed by atoms with Crippen LogP contribution in [-0.4, -0.2) is 47.0 Å². The van der Waals surface area contributed by atoms with Gasteiger partial charge in [0.2, 0.25) is 0 Å². The predicted molar refractivity (Wildman–Crippen MR) is 112 cm³/mol. The minimum absolute atomic E-state index is 0.00786. The van der Waals surface area contributed by atoms with Gasteiger partial charge in [-0.2, -0.15) is 0 Å². The third-order valence-electron chi connectivity index (χ3n) is 4.82. The zero-order chi connectivity index (χ0) is 19.6. The van der Waals surface area contributed by atoms with Crippen molar-refractivity contribution in [3.8, 4) is 11.3 Å². The fraction of sp³-hybridized carbons (Fsp3) is 0.200. The van der Waals surface area contributed by atoms with Crippen LogP contribution >= 0.6 is 11.3 Å². The summed E-state index contributed by atoms with van der Waals surface area (Å²) in [6, 6.07) is 7.76. The normalized spacial score (nSPS) is 14.3. The van der Waals surface area contributed by atoms with Crippen molar-refractivity contribution in [1.82, 2.24) is 20.3 Å². The summed E-state index contributed by atoms with van der Waals surface area (Å²) in [4.78, 5) is 27.6. The van der Waals surface area contributed by atoms with Crippen LogP contribution in [0.1, 0.15) is 10.7 Å². The first-order chi connectivity index (χ1) is 14.3. The van der Waals surface area contributed by atoms with Gasteiger partial charge in [-0.05, 0) is 24.3 Å². The summed E-state index contributed by atoms with van der Waals surface area (Å²) in [5, 5.41) is 6.21. The number of nitrogens with zero attached hydrogens (tertiary/aromatic N) is 4. The highest BCUT2D eigenvalue weighted by molar-refractivity contribution is 7.16. The SMILES string of the molecule is O=C(Nc1cnccc1N1CCNCC1)c1ncc(-c2ccc3scnc3c2)o1. The molecule has 3 aromatic heterocycles. The molecule has 4 heterocycles. The molecule has 2 N–H and O–H groups in total. The molecule has 29 heavy (non-hydrogen) atoms. The summed E-state index contributed by atoms with van der Waals surface area (Å²) in [5.74, 6) is 0.127. The maximum absolute atomic E-state index is 12.7. The maximum Gasteiger partial charge on any atom is 0.311 e. The fourth-order valence-electron chi connectivity index (χ4n) is 3.36. The molecule has 0 radical (unpaired) electrons. The summed E-state index contributed by atoms with van der Waals surface area (Å²) in [6.45, 7) is 3.55. The smallest absolute Gasteiger partial charge is 0.311 e. The summed E-state index contributed by atoms with van der Waals surface area (Å²) < 4.78 is 6.82. The van der Waals surface area contributed by atoms with Crippen LogP contribution in [0, 0.1) is 0 Å². The van der Waals surface area contributed by atoms with E-state index in [0.717, 1.165) is 47.6 Å². The number of fused-ring (bicyclic) bond motifs is 1. The number of benzene rings is 1. The molecule has 4 aromatic rings. The Morgan fingerprint density at radius 2 is 2.07 bits per heavy atom. The van der Waals surface area contributed by atoms with Gasteiger partial charge in [-0.25, -0.2) is 9.97 Å². The molecule has 146 valence electrons. The van der Waals surface area contributed by atoms with E-state index in [1.54, 1.807) is 35.4 Å². The second-order valence-corrected chi connectivity index (χ2v) is 7.53. The van der Waals surface area contributed by atoms with Crippen molar-refractivity contribution in [2.24, 2.45) is 0 Å². The van der Waals surface area contributed by atoms with E-state index in [4.69, 9.17) is 4.42 Å².